The summed E-state index contributed by atoms with van der Waals surface area (Å²) < 4.78 is 28.8. The van der Waals surface area contributed by atoms with E-state index in [-0.39, 0.29) is 29.2 Å². The summed E-state index contributed by atoms with van der Waals surface area (Å²) in [7, 11) is -4.37. The molecule has 0 fully saturated rings. The molecule has 1 atom stereocenters. The van der Waals surface area contributed by atoms with Gasteiger partial charge in [0.25, 0.3) is 15.7 Å². The second-order valence-electron chi connectivity index (χ2n) is 9.85. The van der Waals surface area contributed by atoms with Gasteiger partial charge in [-0.15, -0.1) is 0 Å². The first-order valence-corrected chi connectivity index (χ1v) is 15.6. The molecule has 0 radical (unpaired) electrons. The average molecular weight is 635 g/mol. The average Bonchev–Trinajstić information content (AvgIpc) is 3.03. The zero-order valence-electron chi connectivity index (χ0n) is 23.9. The third kappa shape index (κ3) is 8.00. The molecular formula is C32H31ClN4O6S. The summed E-state index contributed by atoms with van der Waals surface area (Å²) >= 11 is 6.09. The molecule has 0 aliphatic rings. The number of hydrogen-bond donors (Lipinski definition) is 1. The van der Waals surface area contributed by atoms with Crippen LogP contribution in [0.2, 0.25) is 5.02 Å². The molecule has 44 heavy (non-hydrogen) atoms. The van der Waals surface area contributed by atoms with Crippen LogP contribution in [0.3, 0.4) is 0 Å². The summed E-state index contributed by atoms with van der Waals surface area (Å²) in [6.07, 6.45) is 0.161. The van der Waals surface area contributed by atoms with E-state index in [4.69, 9.17) is 11.6 Å². The molecule has 4 aromatic carbocycles. The van der Waals surface area contributed by atoms with Gasteiger partial charge in [0, 0.05) is 36.7 Å². The topological polar surface area (TPSA) is 130 Å². The van der Waals surface area contributed by atoms with Gasteiger partial charge in [0.2, 0.25) is 11.8 Å². The summed E-state index contributed by atoms with van der Waals surface area (Å²) in [6.45, 7) is 1.32. The van der Waals surface area contributed by atoms with E-state index >= 15 is 0 Å². The summed E-state index contributed by atoms with van der Waals surface area (Å²) in [6, 6.07) is 27.5. The molecule has 0 spiro atoms. The van der Waals surface area contributed by atoms with E-state index in [1.165, 1.54) is 47.4 Å². The fourth-order valence-corrected chi connectivity index (χ4v) is 6.20. The fourth-order valence-electron chi connectivity index (χ4n) is 4.64. The number of hydrogen-bond acceptors (Lipinski definition) is 6. The van der Waals surface area contributed by atoms with Gasteiger partial charge in [-0.1, -0.05) is 78.3 Å². The van der Waals surface area contributed by atoms with E-state index < -0.39 is 39.3 Å². The number of nitro groups is 1. The van der Waals surface area contributed by atoms with Gasteiger partial charge in [-0.3, -0.25) is 24.0 Å². The summed E-state index contributed by atoms with van der Waals surface area (Å²) in [5.74, 6) is -1.09. The first-order chi connectivity index (χ1) is 21.1. The third-order valence-electron chi connectivity index (χ3n) is 6.83. The summed E-state index contributed by atoms with van der Waals surface area (Å²) in [5.41, 5.74) is 1.05. The Labute approximate surface area is 261 Å². The Hall–Kier alpha value is -4.74. The van der Waals surface area contributed by atoms with E-state index in [0.29, 0.717) is 17.1 Å². The van der Waals surface area contributed by atoms with Crippen molar-refractivity contribution in [1.29, 1.82) is 0 Å². The minimum Gasteiger partial charge on any atom is -0.355 e. The highest BCUT2D eigenvalue weighted by Gasteiger charge is 2.34. The molecule has 1 N–H and O–H groups in total. The van der Waals surface area contributed by atoms with Crippen LogP contribution in [0.15, 0.2) is 114 Å². The largest absolute Gasteiger partial charge is 0.355 e. The van der Waals surface area contributed by atoms with Gasteiger partial charge in [-0.25, -0.2) is 8.42 Å². The first-order valence-electron chi connectivity index (χ1n) is 13.8. The van der Waals surface area contributed by atoms with Crippen molar-refractivity contribution in [3.63, 3.8) is 0 Å². The highest BCUT2D eigenvalue weighted by Crippen LogP contribution is 2.28. The fraction of sp³-hybridized carbons (Fsp3) is 0.188. The van der Waals surface area contributed by atoms with Crippen LogP contribution in [0.25, 0.3) is 0 Å². The van der Waals surface area contributed by atoms with Crippen molar-refractivity contribution < 1.29 is 22.9 Å². The van der Waals surface area contributed by atoms with Gasteiger partial charge in [0.1, 0.15) is 12.6 Å². The minimum atomic E-state index is -4.37. The molecule has 0 saturated carbocycles. The molecule has 0 bridgehead atoms. The monoisotopic (exact) mass is 634 g/mol. The maximum Gasteiger partial charge on any atom is 0.271 e. The van der Waals surface area contributed by atoms with Crippen molar-refractivity contribution in [3.8, 4) is 0 Å². The van der Waals surface area contributed by atoms with Gasteiger partial charge in [0.05, 0.1) is 15.5 Å². The lowest BCUT2D eigenvalue weighted by Gasteiger charge is -2.33. The predicted octanol–water partition coefficient (Wildman–Crippen LogP) is 5.22. The Bertz CT molecular complexity index is 1700. The van der Waals surface area contributed by atoms with Crippen molar-refractivity contribution in [2.24, 2.45) is 0 Å². The molecule has 0 heterocycles. The van der Waals surface area contributed by atoms with Crippen LogP contribution in [-0.4, -0.2) is 49.2 Å². The Kier molecular flexibility index (Phi) is 10.7. The number of sulfonamides is 1. The van der Waals surface area contributed by atoms with Gasteiger partial charge >= 0.3 is 0 Å². The number of rotatable bonds is 13. The maximum atomic E-state index is 14.3. The smallest absolute Gasteiger partial charge is 0.271 e. The molecule has 10 nitrogen and oxygen atoms in total. The Balaban J connectivity index is 1.81. The van der Waals surface area contributed by atoms with Crippen LogP contribution in [0.5, 0.6) is 0 Å². The van der Waals surface area contributed by atoms with Gasteiger partial charge in [-0.05, 0) is 48.4 Å². The zero-order chi connectivity index (χ0) is 31.7. The van der Waals surface area contributed by atoms with Crippen molar-refractivity contribution in [2.45, 2.75) is 30.8 Å². The summed E-state index contributed by atoms with van der Waals surface area (Å²) in [4.78, 5) is 40.0. The second kappa shape index (κ2) is 14.6. The third-order valence-corrected chi connectivity index (χ3v) is 8.87. The highest BCUT2D eigenvalue weighted by molar-refractivity contribution is 7.92. The number of nitro benzene ring substituents is 1. The molecule has 12 heteroatoms. The normalized spacial score (nSPS) is 11.8. The number of carbonyl (C=O) groups excluding carboxylic acids is 2. The number of amides is 2. The minimum absolute atomic E-state index is 0.0290. The lowest BCUT2D eigenvalue weighted by Crippen LogP contribution is -2.53. The molecule has 2 amide bonds. The lowest BCUT2D eigenvalue weighted by atomic mass is 10.0. The van der Waals surface area contributed by atoms with Crippen LogP contribution in [0.4, 0.5) is 11.4 Å². The van der Waals surface area contributed by atoms with Crippen molar-refractivity contribution in [2.75, 3.05) is 17.4 Å². The van der Waals surface area contributed by atoms with Crippen LogP contribution >= 0.6 is 11.6 Å². The zero-order valence-corrected chi connectivity index (χ0v) is 25.4. The Morgan fingerprint density at radius 1 is 0.886 bits per heavy atom. The maximum absolute atomic E-state index is 14.3. The SMILES string of the molecule is CCNC(=O)C(Cc1ccccc1)N(Cc1ccc(Cl)cc1)C(=O)CN(c1cccc([N+](=O)[O-])c1)S(=O)(=O)c1ccccc1. The number of carbonyl (C=O) groups is 2. The van der Waals surface area contributed by atoms with Crippen LogP contribution in [0.1, 0.15) is 18.1 Å². The van der Waals surface area contributed by atoms with E-state index in [2.05, 4.69) is 5.32 Å². The predicted molar refractivity (Wildman–Crippen MR) is 169 cm³/mol. The van der Waals surface area contributed by atoms with Crippen LogP contribution in [0, 0.1) is 10.1 Å². The van der Waals surface area contributed by atoms with E-state index in [0.717, 1.165) is 15.9 Å². The molecule has 0 aliphatic heterocycles. The van der Waals surface area contributed by atoms with Crippen LogP contribution < -0.4 is 9.62 Å². The molecule has 0 aromatic heterocycles. The first kappa shape index (κ1) is 32.2. The van der Waals surface area contributed by atoms with E-state index in [9.17, 15) is 28.1 Å². The van der Waals surface area contributed by atoms with Gasteiger partial charge < -0.3 is 10.2 Å². The number of halogens is 1. The number of benzene rings is 4. The highest BCUT2D eigenvalue weighted by atomic mass is 35.5. The number of nitrogens with one attached hydrogen (secondary N) is 1. The molecule has 0 saturated heterocycles. The molecule has 4 aromatic rings. The molecular weight excluding hydrogens is 604 g/mol. The molecule has 228 valence electrons. The molecule has 4 rings (SSSR count). The van der Waals surface area contributed by atoms with Gasteiger partial charge in [0.15, 0.2) is 0 Å². The molecule has 1 unspecified atom stereocenters. The van der Waals surface area contributed by atoms with Crippen molar-refractivity contribution >= 4 is 44.8 Å². The van der Waals surface area contributed by atoms with Crippen molar-refractivity contribution in [3.05, 3.63) is 135 Å². The van der Waals surface area contributed by atoms with E-state index in [1.54, 1.807) is 37.3 Å². The Morgan fingerprint density at radius 2 is 1.52 bits per heavy atom. The van der Waals surface area contributed by atoms with Crippen LogP contribution in [-0.2, 0) is 32.6 Å². The second-order valence-corrected chi connectivity index (χ2v) is 12.1. The van der Waals surface area contributed by atoms with E-state index in [1.807, 2.05) is 30.3 Å². The van der Waals surface area contributed by atoms with Crippen molar-refractivity contribution in [1.82, 2.24) is 10.2 Å². The quantitative estimate of drug-likeness (QED) is 0.159. The number of likely N-dealkylation sites (N-methyl/N-ethyl adjacent to an activating group) is 1. The lowest BCUT2D eigenvalue weighted by molar-refractivity contribution is -0.384. The Morgan fingerprint density at radius 3 is 2.14 bits per heavy atom. The standard InChI is InChI=1S/C32H31ClN4O6S/c1-2-34-32(39)30(20-24-10-5-3-6-11-24)35(22-25-16-18-26(33)19-17-25)31(38)23-36(27-12-9-13-28(21-27)37(40)41)44(42,43)29-14-7-4-8-15-29/h3-19,21,30H,2,20,22-23H2,1H3,(H,34,39). The van der Waals surface area contributed by atoms with Gasteiger partial charge in [-0.2, -0.15) is 0 Å². The number of non-ortho nitro benzene ring substituents is 1. The summed E-state index contributed by atoms with van der Waals surface area (Å²) in [5, 5.41) is 14.8. The number of nitrogens with zero attached hydrogens (tertiary/aromatic N) is 3. The molecule has 0 aliphatic carbocycles. The number of anilines is 1.